The molecular formula is C19H26. The van der Waals surface area contributed by atoms with Crippen LogP contribution >= 0.6 is 0 Å². The largest absolute Gasteiger partial charge is 0.0982 e. The molecule has 1 aromatic rings. The fourth-order valence-corrected chi connectivity index (χ4v) is 3.22. The van der Waals surface area contributed by atoms with Gasteiger partial charge in [0.25, 0.3) is 0 Å². The van der Waals surface area contributed by atoms with Crippen LogP contribution in [0.25, 0.3) is 0 Å². The summed E-state index contributed by atoms with van der Waals surface area (Å²) >= 11 is 0. The monoisotopic (exact) mass is 254 g/mol. The summed E-state index contributed by atoms with van der Waals surface area (Å²) in [6.07, 6.45) is 9.32. The molecule has 19 heavy (non-hydrogen) atoms. The van der Waals surface area contributed by atoms with Gasteiger partial charge in [-0.3, -0.25) is 0 Å². The lowest BCUT2D eigenvalue weighted by Crippen LogP contribution is -2.13. The third kappa shape index (κ3) is 4.13. The minimum absolute atomic E-state index is 0.793. The number of benzene rings is 1. The molecule has 0 atom stereocenters. The molecule has 0 saturated heterocycles. The number of rotatable bonds is 3. The molecule has 1 aliphatic carbocycles. The standard InChI is InChI=1S/C19H26/c1-3-5-7-17-10-14-19(15-11-17)18-12-8-16(6-4-2)9-13-18/h10-11,14-16,18H,3-4,6,8-9,12-13H2,1-2H3/t16-,18-. The Kier molecular flexibility index (Phi) is 5.52. The van der Waals surface area contributed by atoms with Crippen molar-refractivity contribution in [3.05, 3.63) is 35.4 Å². The quantitative estimate of drug-likeness (QED) is 0.623. The normalized spacial score (nSPS) is 22.6. The minimum atomic E-state index is 0.793. The first-order chi connectivity index (χ1) is 9.33. The van der Waals surface area contributed by atoms with Crippen molar-refractivity contribution < 1.29 is 0 Å². The second-order valence-corrected chi connectivity index (χ2v) is 5.78. The summed E-state index contributed by atoms with van der Waals surface area (Å²) < 4.78 is 0. The molecule has 0 unspecified atom stereocenters. The van der Waals surface area contributed by atoms with Gasteiger partial charge in [0.1, 0.15) is 0 Å². The molecule has 0 bridgehead atoms. The van der Waals surface area contributed by atoms with Gasteiger partial charge < -0.3 is 0 Å². The lowest BCUT2D eigenvalue weighted by atomic mass is 9.77. The molecule has 2 rings (SSSR count). The van der Waals surface area contributed by atoms with Crippen LogP contribution in [0.1, 0.15) is 75.8 Å². The molecule has 0 amide bonds. The lowest BCUT2D eigenvalue weighted by molar-refractivity contribution is 0.308. The fraction of sp³-hybridized carbons (Fsp3) is 0.579. The molecule has 0 heterocycles. The van der Waals surface area contributed by atoms with Crippen molar-refractivity contribution in [1.82, 2.24) is 0 Å². The molecule has 1 aliphatic rings. The van der Waals surface area contributed by atoms with E-state index in [0.29, 0.717) is 0 Å². The second kappa shape index (κ2) is 7.39. The van der Waals surface area contributed by atoms with E-state index in [1.165, 1.54) is 44.1 Å². The third-order valence-electron chi connectivity index (χ3n) is 4.34. The summed E-state index contributed by atoms with van der Waals surface area (Å²) in [4.78, 5) is 0. The zero-order valence-corrected chi connectivity index (χ0v) is 12.4. The van der Waals surface area contributed by atoms with Crippen molar-refractivity contribution in [2.75, 3.05) is 0 Å². The van der Waals surface area contributed by atoms with Gasteiger partial charge in [-0.2, -0.15) is 0 Å². The summed E-state index contributed by atoms with van der Waals surface area (Å²) in [5, 5.41) is 0. The fourth-order valence-electron chi connectivity index (χ4n) is 3.22. The molecule has 0 spiro atoms. The van der Waals surface area contributed by atoms with E-state index in [1.54, 1.807) is 0 Å². The van der Waals surface area contributed by atoms with Gasteiger partial charge in [0.15, 0.2) is 0 Å². The predicted molar refractivity (Wildman–Crippen MR) is 83.2 cm³/mol. The smallest absolute Gasteiger partial charge is 0.0245 e. The Morgan fingerprint density at radius 2 is 1.68 bits per heavy atom. The summed E-state index contributed by atoms with van der Waals surface area (Å²) in [5.41, 5.74) is 2.68. The molecule has 102 valence electrons. The van der Waals surface area contributed by atoms with Gasteiger partial charge in [-0.05, 0) is 55.2 Å². The zero-order chi connectivity index (χ0) is 13.5. The van der Waals surface area contributed by atoms with Gasteiger partial charge >= 0.3 is 0 Å². The Bertz CT molecular complexity index is 421. The highest BCUT2D eigenvalue weighted by Gasteiger charge is 2.21. The third-order valence-corrected chi connectivity index (χ3v) is 4.34. The lowest BCUT2D eigenvalue weighted by Gasteiger charge is -2.28. The summed E-state index contributed by atoms with van der Waals surface area (Å²) in [5.74, 6) is 8.12. The van der Waals surface area contributed by atoms with Crippen LogP contribution in [-0.2, 0) is 0 Å². The highest BCUT2D eigenvalue weighted by Crippen LogP contribution is 2.37. The highest BCUT2D eigenvalue weighted by atomic mass is 14.3. The summed E-state index contributed by atoms with van der Waals surface area (Å²) in [7, 11) is 0. The Balaban J connectivity index is 1.92. The average molecular weight is 254 g/mol. The Labute approximate surface area is 118 Å². The number of hydrogen-bond acceptors (Lipinski definition) is 0. The molecule has 0 aliphatic heterocycles. The first kappa shape index (κ1) is 14.2. The van der Waals surface area contributed by atoms with Crippen molar-refractivity contribution in [3.8, 4) is 11.8 Å². The van der Waals surface area contributed by atoms with Crippen LogP contribution in [0, 0.1) is 17.8 Å². The van der Waals surface area contributed by atoms with Gasteiger partial charge in [0.05, 0.1) is 0 Å². The Hall–Kier alpha value is -1.22. The Morgan fingerprint density at radius 3 is 2.26 bits per heavy atom. The maximum Gasteiger partial charge on any atom is 0.0245 e. The van der Waals surface area contributed by atoms with Gasteiger partial charge in [-0.25, -0.2) is 0 Å². The SMILES string of the molecule is CCC#Cc1ccc([C@H]2CC[C@H](CCC)CC2)cc1. The van der Waals surface area contributed by atoms with E-state index >= 15 is 0 Å². The van der Waals surface area contributed by atoms with Crippen LogP contribution in [0.4, 0.5) is 0 Å². The van der Waals surface area contributed by atoms with E-state index in [-0.39, 0.29) is 0 Å². The predicted octanol–water partition coefficient (Wildman–Crippen LogP) is 5.52. The Morgan fingerprint density at radius 1 is 1.00 bits per heavy atom. The van der Waals surface area contributed by atoms with Gasteiger partial charge in [-0.1, -0.05) is 50.7 Å². The van der Waals surface area contributed by atoms with E-state index in [0.717, 1.165) is 23.8 Å². The van der Waals surface area contributed by atoms with Crippen molar-refractivity contribution >= 4 is 0 Å². The second-order valence-electron chi connectivity index (χ2n) is 5.78. The van der Waals surface area contributed by atoms with Crippen LogP contribution in [-0.4, -0.2) is 0 Å². The first-order valence-corrected chi connectivity index (χ1v) is 7.92. The van der Waals surface area contributed by atoms with Crippen molar-refractivity contribution in [3.63, 3.8) is 0 Å². The molecule has 0 N–H and O–H groups in total. The van der Waals surface area contributed by atoms with E-state index in [1.807, 2.05) is 0 Å². The summed E-state index contributed by atoms with van der Waals surface area (Å²) in [6, 6.07) is 8.97. The molecule has 0 nitrogen and oxygen atoms in total. The van der Waals surface area contributed by atoms with Crippen LogP contribution in [0.15, 0.2) is 24.3 Å². The molecule has 0 aromatic heterocycles. The molecule has 0 radical (unpaired) electrons. The van der Waals surface area contributed by atoms with Gasteiger partial charge in [0, 0.05) is 12.0 Å². The highest BCUT2D eigenvalue weighted by molar-refractivity contribution is 5.37. The van der Waals surface area contributed by atoms with Crippen molar-refractivity contribution in [2.24, 2.45) is 5.92 Å². The molecular weight excluding hydrogens is 228 g/mol. The minimum Gasteiger partial charge on any atom is -0.0982 e. The van der Waals surface area contributed by atoms with E-state index in [4.69, 9.17) is 0 Å². The van der Waals surface area contributed by atoms with Crippen LogP contribution in [0.2, 0.25) is 0 Å². The molecule has 1 aromatic carbocycles. The summed E-state index contributed by atoms with van der Waals surface area (Å²) in [6.45, 7) is 4.40. The maximum atomic E-state index is 3.20. The molecule has 1 fully saturated rings. The molecule has 1 saturated carbocycles. The molecule has 0 heteroatoms. The van der Waals surface area contributed by atoms with E-state index < -0.39 is 0 Å². The van der Waals surface area contributed by atoms with E-state index in [2.05, 4.69) is 50.0 Å². The van der Waals surface area contributed by atoms with Crippen molar-refractivity contribution in [2.45, 2.75) is 64.7 Å². The van der Waals surface area contributed by atoms with E-state index in [9.17, 15) is 0 Å². The van der Waals surface area contributed by atoms with Crippen molar-refractivity contribution in [1.29, 1.82) is 0 Å². The van der Waals surface area contributed by atoms with Crippen LogP contribution in [0.3, 0.4) is 0 Å². The van der Waals surface area contributed by atoms with Crippen LogP contribution in [0.5, 0.6) is 0 Å². The topological polar surface area (TPSA) is 0 Å². The zero-order valence-electron chi connectivity index (χ0n) is 12.4. The number of hydrogen-bond donors (Lipinski definition) is 0. The first-order valence-electron chi connectivity index (χ1n) is 7.92. The van der Waals surface area contributed by atoms with Crippen LogP contribution < -0.4 is 0 Å². The average Bonchev–Trinajstić information content (AvgIpc) is 2.47. The van der Waals surface area contributed by atoms with Gasteiger partial charge in [0.2, 0.25) is 0 Å². The van der Waals surface area contributed by atoms with Gasteiger partial charge in [-0.15, -0.1) is 0 Å². The maximum absolute atomic E-state index is 3.20.